The molecule has 0 aliphatic carbocycles. The van der Waals surface area contributed by atoms with E-state index in [2.05, 4.69) is 0 Å². The minimum atomic E-state index is -1.03. The Morgan fingerprint density at radius 2 is 2.05 bits per heavy atom. The van der Waals surface area contributed by atoms with Gasteiger partial charge in [-0.3, -0.25) is 14.5 Å². The predicted molar refractivity (Wildman–Crippen MR) is 72.0 cm³/mol. The maximum absolute atomic E-state index is 12.3. The number of aryl methyl sites for hydroxylation is 1. The summed E-state index contributed by atoms with van der Waals surface area (Å²) in [6.45, 7) is -0.344. The Hall–Kier alpha value is -0.880. The quantitative estimate of drug-likeness (QED) is 0.626. The Kier molecular flexibility index (Phi) is 6.68. The van der Waals surface area contributed by atoms with Crippen LogP contribution in [-0.4, -0.2) is 29.6 Å². The minimum absolute atomic E-state index is 0. The molecular formula is C14H18N2NaO3+. The van der Waals surface area contributed by atoms with E-state index in [1.54, 1.807) is 6.07 Å². The van der Waals surface area contributed by atoms with Crippen LogP contribution in [0.25, 0.3) is 0 Å². The molecule has 5 nitrogen and oxygen atoms in total. The van der Waals surface area contributed by atoms with E-state index >= 15 is 0 Å². The van der Waals surface area contributed by atoms with Gasteiger partial charge in [0, 0.05) is 5.69 Å². The molecule has 6 heteroatoms. The molecule has 102 valence electrons. The van der Waals surface area contributed by atoms with Gasteiger partial charge < -0.3 is 10.8 Å². The van der Waals surface area contributed by atoms with Gasteiger partial charge in [-0.15, -0.1) is 0 Å². The van der Waals surface area contributed by atoms with Crippen LogP contribution in [0, 0.1) is 0 Å². The van der Waals surface area contributed by atoms with Crippen LogP contribution in [0.1, 0.15) is 24.8 Å². The van der Waals surface area contributed by atoms with E-state index in [0.29, 0.717) is 12.1 Å². The van der Waals surface area contributed by atoms with Crippen molar-refractivity contribution in [2.45, 2.75) is 31.7 Å². The topological polar surface area (TPSA) is 83.6 Å². The van der Waals surface area contributed by atoms with E-state index < -0.39 is 12.0 Å². The average Bonchev–Trinajstić information content (AvgIpc) is 2.44. The summed E-state index contributed by atoms with van der Waals surface area (Å²) < 4.78 is 0. The number of para-hydroxylation sites is 1. The minimum Gasteiger partial charge on any atom is -0.480 e. The van der Waals surface area contributed by atoms with Crippen LogP contribution in [-0.2, 0) is 16.0 Å². The molecule has 0 spiro atoms. The summed E-state index contributed by atoms with van der Waals surface area (Å²) >= 11 is 0. The molecule has 3 N–H and O–H groups in total. The number of carboxylic acid groups (broad SMARTS) is 1. The Bertz CT molecular complexity index is 493. The number of nitrogens with two attached hydrogens (primary N) is 1. The molecule has 1 heterocycles. The van der Waals surface area contributed by atoms with E-state index in [1.807, 2.05) is 18.2 Å². The largest absolute Gasteiger partial charge is 1.00 e. The normalized spacial score (nSPS) is 19.1. The molecule has 1 aromatic rings. The molecule has 1 atom stereocenters. The monoisotopic (exact) mass is 285 g/mol. The second-order valence-corrected chi connectivity index (χ2v) is 4.80. The summed E-state index contributed by atoms with van der Waals surface area (Å²) in [4.78, 5) is 24.6. The molecule has 20 heavy (non-hydrogen) atoms. The number of nitrogens with zero attached hydrogens (tertiary/aromatic N) is 1. The number of carboxylic acids is 1. The summed E-state index contributed by atoms with van der Waals surface area (Å²) in [5, 5.41) is 8.99. The van der Waals surface area contributed by atoms with Crippen molar-refractivity contribution >= 4 is 17.6 Å². The molecule has 2 rings (SSSR count). The molecule has 1 aliphatic rings. The van der Waals surface area contributed by atoms with Crippen LogP contribution in [0.3, 0.4) is 0 Å². The fourth-order valence-electron chi connectivity index (χ4n) is 2.41. The van der Waals surface area contributed by atoms with Crippen molar-refractivity contribution in [3.8, 4) is 0 Å². The van der Waals surface area contributed by atoms with Crippen LogP contribution in [0.15, 0.2) is 24.3 Å². The third-order valence-corrected chi connectivity index (χ3v) is 3.37. The molecule has 0 fully saturated rings. The number of carbonyl (C=O) groups is 2. The van der Waals surface area contributed by atoms with Crippen molar-refractivity contribution in [3.63, 3.8) is 0 Å². The van der Waals surface area contributed by atoms with Crippen molar-refractivity contribution < 1.29 is 44.3 Å². The van der Waals surface area contributed by atoms with Gasteiger partial charge in [0.25, 0.3) is 0 Å². The number of benzene rings is 1. The van der Waals surface area contributed by atoms with Gasteiger partial charge in [-0.2, -0.15) is 0 Å². The van der Waals surface area contributed by atoms with Gasteiger partial charge in [-0.1, -0.05) is 24.6 Å². The number of anilines is 1. The van der Waals surface area contributed by atoms with Gasteiger partial charge >= 0.3 is 35.5 Å². The van der Waals surface area contributed by atoms with Crippen LogP contribution < -0.4 is 40.2 Å². The van der Waals surface area contributed by atoms with E-state index in [1.165, 1.54) is 4.90 Å². The smallest absolute Gasteiger partial charge is 0.480 e. The number of amides is 1. The Balaban J connectivity index is 0.00000200. The number of carbonyl (C=O) groups excluding carboxylic acids is 1. The zero-order valence-electron chi connectivity index (χ0n) is 11.7. The molecule has 1 amide bonds. The number of fused-ring (bicyclic) bond motifs is 1. The second kappa shape index (κ2) is 7.78. The first-order valence-corrected chi connectivity index (χ1v) is 6.46. The maximum Gasteiger partial charge on any atom is 1.00 e. The Labute approximate surface area is 140 Å². The second-order valence-electron chi connectivity index (χ2n) is 4.80. The molecule has 1 unspecified atom stereocenters. The molecule has 1 aromatic carbocycles. The van der Waals surface area contributed by atoms with Gasteiger partial charge in [-0.25, -0.2) is 0 Å². The molecule has 0 saturated heterocycles. The number of rotatable bonds is 2. The van der Waals surface area contributed by atoms with E-state index in [4.69, 9.17) is 10.8 Å². The fraction of sp³-hybridized carbons (Fsp3) is 0.429. The number of hydrogen-bond acceptors (Lipinski definition) is 3. The van der Waals surface area contributed by atoms with Crippen molar-refractivity contribution in [1.29, 1.82) is 0 Å². The van der Waals surface area contributed by atoms with Gasteiger partial charge in [0.2, 0.25) is 5.91 Å². The Morgan fingerprint density at radius 3 is 2.75 bits per heavy atom. The first-order valence-electron chi connectivity index (χ1n) is 6.46. The third kappa shape index (κ3) is 4.06. The molecule has 0 bridgehead atoms. The van der Waals surface area contributed by atoms with Gasteiger partial charge in [0.1, 0.15) is 6.54 Å². The summed E-state index contributed by atoms with van der Waals surface area (Å²) in [7, 11) is 0. The molecule has 0 radical (unpaired) electrons. The van der Waals surface area contributed by atoms with Crippen molar-refractivity contribution in [1.82, 2.24) is 0 Å². The van der Waals surface area contributed by atoms with E-state index in [9.17, 15) is 9.59 Å². The molecule has 0 saturated carbocycles. The van der Waals surface area contributed by atoms with Crippen LogP contribution in [0.2, 0.25) is 0 Å². The zero-order valence-corrected chi connectivity index (χ0v) is 13.7. The Morgan fingerprint density at radius 1 is 1.35 bits per heavy atom. The van der Waals surface area contributed by atoms with E-state index in [-0.39, 0.29) is 42.0 Å². The van der Waals surface area contributed by atoms with Crippen molar-refractivity contribution in [3.05, 3.63) is 29.8 Å². The SMILES string of the molecule is NC1CCCCc2ccccc2N(CC(=O)O)C1=O.[Na+]. The third-order valence-electron chi connectivity index (χ3n) is 3.37. The van der Waals surface area contributed by atoms with Gasteiger partial charge in [0.05, 0.1) is 6.04 Å². The van der Waals surface area contributed by atoms with Crippen LogP contribution in [0.4, 0.5) is 5.69 Å². The van der Waals surface area contributed by atoms with Gasteiger partial charge in [0.15, 0.2) is 0 Å². The first-order chi connectivity index (χ1) is 9.09. The first kappa shape index (κ1) is 17.2. The molecule has 0 aromatic heterocycles. The van der Waals surface area contributed by atoms with Crippen LogP contribution >= 0.6 is 0 Å². The summed E-state index contributed by atoms with van der Waals surface area (Å²) in [5.41, 5.74) is 7.54. The van der Waals surface area contributed by atoms with Gasteiger partial charge in [-0.05, 0) is 30.9 Å². The van der Waals surface area contributed by atoms with E-state index in [0.717, 1.165) is 24.8 Å². The predicted octanol–water partition coefficient (Wildman–Crippen LogP) is -1.84. The number of hydrogen-bond donors (Lipinski definition) is 2. The molecular weight excluding hydrogens is 267 g/mol. The van der Waals surface area contributed by atoms with Crippen molar-refractivity contribution in [2.24, 2.45) is 5.73 Å². The fourth-order valence-corrected chi connectivity index (χ4v) is 2.41. The average molecular weight is 285 g/mol. The summed E-state index contributed by atoms with van der Waals surface area (Å²) in [5.74, 6) is -1.34. The number of aliphatic carboxylic acids is 1. The maximum atomic E-state index is 12.3. The standard InChI is InChI=1S/C14H18N2O3.Na/c15-11-7-3-1-5-10-6-2-4-8-12(10)16(14(11)19)9-13(17)18;/h2,4,6,8,11H,1,3,5,7,9,15H2,(H,17,18);/q;+1. The molecule has 1 aliphatic heterocycles. The van der Waals surface area contributed by atoms with Crippen LogP contribution in [0.5, 0.6) is 0 Å². The zero-order chi connectivity index (χ0) is 13.8. The summed E-state index contributed by atoms with van der Waals surface area (Å²) in [6.07, 6.45) is 3.27. The summed E-state index contributed by atoms with van der Waals surface area (Å²) in [6, 6.07) is 6.82. The van der Waals surface area contributed by atoms with Crippen molar-refractivity contribution in [2.75, 3.05) is 11.4 Å².